The average molecular weight is 555 g/mol. The molecule has 1 saturated heterocycles. The second kappa shape index (κ2) is 14.8. The molecule has 1 amide bonds. The van der Waals surface area contributed by atoms with Gasteiger partial charge in [-0.15, -0.1) is 24.0 Å². The molecule has 1 saturated carbocycles. The Morgan fingerprint density at radius 2 is 1.77 bits per heavy atom. The molecule has 0 bridgehead atoms. The van der Waals surface area contributed by atoms with Gasteiger partial charge >= 0.3 is 0 Å². The molecule has 1 aliphatic carbocycles. The molecule has 0 unspecified atom stereocenters. The number of aliphatic hydroxyl groups is 1. The number of rotatable bonds is 9. The largest absolute Gasteiger partial charge is 0.396 e. The predicted octanol–water partition coefficient (Wildman–Crippen LogP) is 3.48. The van der Waals surface area contributed by atoms with Crippen molar-refractivity contribution in [2.75, 3.05) is 44.3 Å². The maximum atomic E-state index is 12.8. The number of aliphatic imine (C=N–C) groups is 1. The zero-order valence-electron chi connectivity index (χ0n) is 19.1. The summed E-state index contributed by atoms with van der Waals surface area (Å²) in [5, 5.41) is 16.4. The summed E-state index contributed by atoms with van der Waals surface area (Å²) in [6.45, 7) is 10.1. The molecule has 0 radical (unpaired) electrons. The molecular formula is C22H43IN4O2S. The summed E-state index contributed by atoms with van der Waals surface area (Å²) >= 11 is 1.95. The summed E-state index contributed by atoms with van der Waals surface area (Å²) in [7, 11) is 0. The van der Waals surface area contributed by atoms with Gasteiger partial charge < -0.3 is 20.6 Å². The number of amides is 1. The average Bonchev–Trinajstić information content (AvgIpc) is 2.77. The van der Waals surface area contributed by atoms with E-state index in [4.69, 9.17) is 4.99 Å². The highest BCUT2D eigenvalue weighted by atomic mass is 127. The molecule has 0 spiro atoms. The van der Waals surface area contributed by atoms with Crippen LogP contribution in [0.4, 0.5) is 0 Å². The van der Waals surface area contributed by atoms with Crippen LogP contribution in [0.3, 0.4) is 0 Å². The minimum atomic E-state index is 0. The van der Waals surface area contributed by atoms with Crippen LogP contribution in [0.1, 0.15) is 65.7 Å². The van der Waals surface area contributed by atoms with Crippen LogP contribution in [0, 0.1) is 11.3 Å². The smallest absolute Gasteiger partial charge is 0.225 e. The molecule has 30 heavy (non-hydrogen) atoms. The van der Waals surface area contributed by atoms with E-state index in [1.165, 1.54) is 0 Å². The summed E-state index contributed by atoms with van der Waals surface area (Å²) in [6.07, 6.45) is 6.82. The molecule has 3 N–H and O–H groups in total. The van der Waals surface area contributed by atoms with Crippen molar-refractivity contribution in [2.45, 2.75) is 71.8 Å². The highest BCUT2D eigenvalue weighted by Crippen LogP contribution is 2.31. The van der Waals surface area contributed by atoms with E-state index in [0.717, 1.165) is 88.6 Å². The monoisotopic (exact) mass is 554 g/mol. The maximum Gasteiger partial charge on any atom is 0.225 e. The van der Waals surface area contributed by atoms with E-state index in [0.29, 0.717) is 11.9 Å². The van der Waals surface area contributed by atoms with Gasteiger partial charge in [-0.2, -0.15) is 11.8 Å². The Balaban J connectivity index is 0.00000450. The Hall–Kier alpha value is -0.220. The molecule has 0 aromatic carbocycles. The Morgan fingerprint density at radius 1 is 1.13 bits per heavy atom. The Kier molecular flexibility index (Phi) is 13.7. The molecule has 2 rings (SSSR count). The van der Waals surface area contributed by atoms with Gasteiger partial charge in [0.2, 0.25) is 5.91 Å². The van der Waals surface area contributed by atoms with E-state index >= 15 is 0 Å². The normalized spacial score (nSPS) is 22.9. The SMILES string of the molecule is CCNC(=NCC(CC)(CC)CCO)NC1CCC(C(=O)N2CCSCC2)CC1.I. The van der Waals surface area contributed by atoms with Crippen LogP contribution in [0.25, 0.3) is 0 Å². The van der Waals surface area contributed by atoms with Crippen molar-refractivity contribution in [3.63, 3.8) is 0 Å². The van der Waals surface area contributed by atoms with Gasteiger partial charge in [0.15, 0.2) is 5.96 Å². The van der Waals surface area contributed by atoms with E-state index in [9.17, 15) is 9.90 Å². The third-order valence-electron chi connectivity index (χ3n) is 6.80. The van der Waals surface area contributed by atoms with Crippen molar-refractivity contribution in [1.29, 1.82) is 0 Å². The first-order valence-electron chi connectivity index (χ1n) is 11.6. The number of aliphatic hydroxyl groups excluding tert-OH is 1. The van der Waals surface area contributed by atoms with Crippen molar-refractivity contribution in [1.82, 2.24) is 15.5 Å². The van der Waals surface area contributed by atoms with Gasteiger partial charge in [0.05, 0.1) is 0 Å². The number of nitrogens with one attached hydrogen (secondary N) is 2. The number of hydrogen-bond acceptors (Lipinski definition) is 4. The van der Waals surface area contributed by atoms with Gasteiger partial charge in [0, 0.05) is 56.3 Å². The van der Waals surface area contributed by atoms with Crippen LogP contribution in [-0.2, 0) is 4.79 Å². The quantitative estimate of drug-likeness (QED) is 0.231. The standard InChI is InChI=1S/C22H42N4O2S.HI/c1-4-22(5-2,11-14-27)17-24-21(23-6-3)25-19-9-7-18(8-10-19)20(28)26-12-15-29-16-13-26;/h18-19,27H,4-17H2,1-3H3,(H2,23,24,25);1H. The number of nitrogens with zero attached hydrogens (tertiary/aromatic N) is 2. The molecule has 8 heteroatoms. The fraction of sp³-hybridized carbons (Fsp3) is 0.909. The number of guanidine groups is 1. The number of halogens is 1. The third-order valence-corrected chi connectivity index (χ3v) is 7.74. The molecule has 0 atom stereocenters. The fourth-order valence-electron chi connectivity index (χ4n) is 4.43. The molecule has 1 heterocycles. The molecular weight excluding hydrogens is 511 g/mol. The minimum absolute atomic E-state index is 0. The lowest BCUT2D eigenvalue weighted by molar-refractivity contribution is -0.136. The van der Waals surface area contributed by atoms with E-state index in [1.54, 1.807) is 0 Å². The van der Waals surface area contributed by atoms with Crippen LogP contribution in [0.2, 0.25) is 0 Å². The number of hydrogen-bond donors (Lipinski definition) is 3. The van der Waals surface area contributed by atoms with Gasteiger partial charge in [-0.25, -0.2) is 0 Å². The molecule has 1 aliphatic heterocycles. The molecule has 176 valence electrons. The first kappa shape index (κ1) is 27.8. The van der Waals surface area contributed by atoms with Gasteiger partial charge in [-0.1, -0.05) is 13.8 Å². The van der Waals surface area contributed by atoms with E-state index in [1.807, 2.05) is 11.8 Å². The number of thioether (sulfide) groups is 1. The second-order valence-corrected chi connectivity index (χ2v) is 9.73. The van der Waals surface area contributed by atoms with Crippen LogP contribution in [0.5, 0.6) is 0 Å². The lowest BCUT2D eigenvalue weighted by Crippen LogP contribution is -2.47. The number of carbonyl (C=O) groups excluding carboxylic acids is 1. The topological polar surface area (TPSA) is 77.0 Å². The Bertz CT molecular complexity index is 517. The van der Waals surface area contributed by atoms with Crippen molar-refractivity contribution < 1.29 is 9.90 Å². The zero-order valence-corrected chi connectivity index (χ0v) is 22.3. The van der Waals surface area contributed by atoms with Crippen LogP contribution in [-0.4, -0.2) is 72.2 Å². The fourth-order valence-corrected chi connectivity index (χ4v) is 5.33. The van der Waals surface area contributed by atoms with Crippen molar-refractivity contribution in [2.24, 2.45) is 16.3 Å². The summed E-state index contributed by atoms with van der Waals surface area (Å²) in [6, 6.07) is 0.379. The van der Waals surface area contributed by atoms with Crippen LogP contribution >= 0.6 is 35.7 Å². The minimum Gasteiger partial charge on any atom is -0.396 e. The first-order chi connectivity index (χ1) is 14.1. The second-order valence-electron chi connectivity index (χ2n) is 8.51. The number of carbonyl (C=O) groups is 1. The Morgan fingerprint density at radius 3 is 2.30 bits per heavy atom. The molecule has 2 aliphatic rings. The van der Waals surface area contributed by atoms with Gasteiger partial charge in [-0.3, -0.25) is 9.79 Å². The van der Waals surface area contributed by atoms with Gasteiger partial charge in [0.25, 0.3) is 0 Å². The lowest BCUT2D eigenvalue weighted by Gasteiger charge is -2.34. The van der Waals surface area contributed by atoms with Crippen molar-refractivity contribution in [3.05, 3.63) is 0 Å². The predicted molar refractivity (Wildman–Crippen MR) is 139 cm³/mol. The van der Waals surface area contributed by atoms with Crippen LogP contribution < -0.4 is 10.6 Å². The zero-order chi connectivity index (χ0) is 21.1. The highest BCUT2D eigenvalue weighted by Gasteiger charge is 2.31. The lowest BCUT2D eigenvalue weighted by atomic mass is 9.79. The molecule has 6 nitrogen and oxygen atoms in total. The summed E-state index contributed by atoms with van der Waals surface area (Å²) in [5.41, 5.74) is 0.0773. The summed E-state index contributed by atoms with van der Waals surface area (Å²) < 4.78 is 0. The first-order valence-corrected chi connectivity index (χ1v) is 12.7. The summed E-state index contributed by atoms with van der Waals surface area (Å²) in [5.74, 6) is 3.62. The molecule has 0 aromatic heterocycles. The van der Waals surface area contributed by atoms with Crippen LogP contribution in [0.15, 0.2) is 4.99 Å². The highest BCUT2D eigenvalue weighted by molar-refractivity contribution is 14.0. The maximum absolute atomic E-state index is 12.8. The van der Waals surface area contributed by atoms with E-state index < -0.39 is 0 Å². The van der Waals surface area contributed by atoms with Gasteiger partial charge in [-0.05, 0) is 57.3 Å². The van der Waals surface area contributed by atoms with E-state index in [-0.39, 0.29) is 41.9 Å². The molecule has 2 fully saturated rings. The van der Waals surface area contributed by atoms with Crippen molar-refractivity contribution in [3.8, 4) is 0 Å². The van der Waals surface area contributed by atoms with Gasteiger partial charge in [0.1, 0.15) is 0 Å². The van der Waals surface area contributed by atoms with E-state index in [2.05, 4.69) is 36.3 Å². The third kappa shape index (κ3) is 8.37. The van der Waals surface area contributed by atoms with Crippen molar-refractivity contribution >= 4 is 47.6 Å². The summed E-state index contributed by atoms with van der Waals surface area (Å²) in [4.78, 5) is 19.7. The molecule has 0 aromatic rings. The Labute approximate surface area is 204 Å².